The van der Waals surface area contributed by atoms with E-state index in [9.17, 15) is 9.59 Å². The lowest BCUT2D eigenvalue weighted by molar-refractivity contribution is -0.122. The molecule has 1 aliphatic carbocycles. The van der Waals surface area contributed by atoms with Gasteiger partial charge in [-0.1, -0.05) is 38.0 Å². The number of hydrogen-bond donors (Lipinski definition) is 2. The van der Waals surface area contributed by atoms with Crippen molar-refractivity contribution in [2.45, 2.75) is 51.5 Å². The third-order valence-electron chi connectivity index (χ3n) is 5.53. The average molecular weight is 379 g/mol. The molecule has 2 unspecified atom stereocenters. The van der Waals surface area contributed by atoms with Crippen LogP contribution in [0.2, 0.25) is 0 Å². The van der Waals surface area contributed by atoms with Gasteiger partial charge in [0.05, 0.1) is 11.9 Å². The fourth-order valence-corrected chi connectivity index (χ4v) is 3.88. The molecule has 28 heavy (non-hydrogen) atoms. The second-order valence-electron chi connectivity index (χ2n) is 7.58. The van der Waals surface area contributed by atoms with E-state index in [0.29, 0.717) is 35.6 Å². The van der Waals surface area contributed by atoms with E-state index in [4.69, 9.17) is 0 Å². The van der Waals surface area contributed by atoms with Crippen molar-refractivity contribution in [2.24, 2.45) is 5.92 Å². The van der Waals surface area contributed by atoms with Crippen molar-refractivity contribution >= 4 is 16.9 Å². The van der Waals surface area contributed by atoms with Crippen LogP contribution < -0.4 is 10.9 Å². The Morgan fingerprint density at radius 3 is 2.82 bits per heavy atom. The van der Waals surface area contributed by atoms with Gasteiger partial charge >= 0.3 is 0 Å². The second-order valence-corrected chi connectivity index (χ2v) is 7.58. The summed E-state index contributed by atoms with van der Waals surface area (Å²) < 4.78 is 1.65. The molecule has 2 heterocycles. The van der Waals surface area contributed by atoms with Crippen LogP contribution in [-0.4, -0.2) is 31.7 Å². The molecule has 7 nitrogen and oxygen atoms in total. The summed E-state index contributed by atoms with van der Waals surface area (Å²) in [6.45, 7) is 2.20. The maximum absolute atomic E-state index is 12.4. The molecular formula is C21H25N5O2. The fourth-order valence-electron chi connectivity index (χ4n) is 3.88. The normalized spacial score (nSPS) is 19.6. The average Bonchev–Trinajstić information content (AvgIpc) is 3.13. The van der Waals surface area contributed by atoms with Gasteiger partial charge in [-0.15, -0.1) is 0 Å². The van der Waals surface area contributed by atoms with Crippen molar-refractivity contribution in [3.63, 3.8) is 0 Å². The smallest absolute Gasteiger partial charge is 0.262 e. The first-order chi connectivity index (χ1) is 13.6. The SMILES string of the molecule is CC1CCCCC1NC(=O)CCc1nc2c(cnn2-c2ccccc2)c(=O)[nH]1. The minimum atomic E-state index is -0.233. The summed E-state index contributed by atoms with van der Waals surface area (Å²) in [5.74, 6) is 1.03. The third-order valence-corrected chi connectivity index (χ3v) is 5.53. The topological polar surface area (TPSA) is 92.7 Å². The molecule has 0 aliphatic heterocycles. The number of fused-ring (bicyclic) bond motifs is 1. The number of aromatic nitrogens is 4. The summed E-state index contributed by atoms with van der Waals surface area (Å²) >= 11 is 0. The van der Waals surface area contributed by atoms with E-state index in [1.807, 2.05) is 30.3 Å². The van der Waals surface area contributed by atoms with Crippen LogP contribution >= 0.6 is 0 Å². The molecule has 0 radical (unpaired) electrons. The zero-order valence-electron chi connectivity index (χ0n) is 16.0. The predicted octanol–water partition coefficient (Wildman–Crippen LogP) is 2.74. The number of nitrogens with zero attached hydrogens (tertiary/aromatic N) is 3. The van der Waals surface area contributed by atoms with Crippen LogP contribution in [0.4, 0.5) is 0 Å². The van der Waals surface area contributed by atoms with E-state index in [-0.39, 0.29) is 17.5 Å². The van der Waals surface area contributed by atoms with Gasteiger partial charge < -0.3 is 10.3 Å². The van der Waals surface area contributed by atoms with Gasteiger partial charge in [0.1, 0.15) is 11.2 Å². The highest BCUT2D eigenvalue weighted by atomic mass is 16.1. The van der Waals surface area contributed by atoms with Crippen molar-refractivity contribution in [1.82, 2.24) is 25.1 Å². The molecule has 0 bridgehead atoms. The number of aryl methyl sites for hydroxylation is 1. The van der Waals surface area contributed by atoms with Gasteiger partial charge in [-0.05, 0) is 30.9 Å². The summed E-state index contributed by atoms with van der Waals surface area (Å²) in [4.78, 5) is 32.1. The first-order valence-corrected chi connectivity index (χ1v) is 9.93. The molecule has 7 heteroatoms. The van der Waals surface area contributed by atoms with E-state index in [1.165, 1.54) is 25.5 Å². The molecule has 0 saturated heterocycles. The standard InChI is InChI=1S/C21H25N5O2/c1-14-7-5-6-10-17(14)23-19(27)12-11-18-24-20-16(21(28)25-18)13-22-26(20)15-8-3-2-4-9-15/h2-4,8-9,13-14,17H,5-7,10-12H2,1H3,(H,23,27)(H,24,25,28). The van der Waals surface area contributed by atoms with Gasteiger partial charge in [0.2, 0.25) is 5.91 Å². The van der Waals surface area contributed by atoms with Crippen LogP contribution in [0, 0.1) is 5.92 Å². The van der Waals surface area contributed by atoms with E-state index >= 15 is 0 Å². The summed E-state index contributed by atoms with van der Waals surface area (Å²) in [5.41, 5.74) is 1.11. The largest absolute Gasteiger partial charge is 0.353 e. The van der Waals surface area contributed by atoms with Crippen molar-refractivity contribution in [1.29, 1.82) is 0 Å². The van der Waals surface area contributed by atoms with Gasteiger partial charge in [-0.3, -0.25) is 9.59 Å². The lowest BCUT2D eigenvalue weighted by Crippen LogP contribution is -2.41. The van der Waals surface area contributed by atoms with Crippen molar-refractivity contribution in [2.75, 3.05) is 0 Å². The van der Waals surface area contributed by atoms with Crippen molar-refractivity contribution < 1.29 is 4.79 Å². The van der Waals surface area contributed by atoms with E-state index in [0.717, 1.165) is 12.1 Å². The highest BCUT2D eigenvalue weighted by Crippen LogP contribution is 2.23. The Bertz CT molecular complexity index is 1020. The number of nitrogens with one attached hydrogen (secondary N) is 2. The molecule has 1 aliphatic rings. The number of rotatable bonds is 5. The molecule has 146 valence electrons. The molecule has 4 rings (SSSR count). The van der Waals surface area contributed by atoms with Crippen molar-refractivity contribution in [3.05, 3.63) is 52.7 Å². The molecule has 3 aromatic rings. The number of aromatic amines is 1. The minimum absolute atomic E-state index is 0.0121. The number of para-hydroxylation sites is 1. The number of amides is 1. The van der Waals surface area contributed by atoms with Gasteiger partial charge in [0.15, 0.2) is 5.65 Å². The Kier molecular flexibility index (Phi) is 5.23. The predicted molar refractivity (Wildman–Crippen MR) is 107 cm³/mol. The van der Waals surface area contributed by atoms with Gasteiger partial charge in [0, 0.05) is 18.9 Å². The van der Waals surface area contributed by atoms with Crippen LogP contribution in [0.15, 0.2) is 41.3 Å². The Morgan fingerprint density at radius 1 is 1.25 bits per heavy atom. The number of hydrogen-bond acceptors (Lipinski definition) is 4. The first kappa shape index (κ1) is 18.4. The molecule has 2 aromatic heterocycles. The van der Waals surface area contributed by atoms with Crippen molar-refractivity contribution in [3.8, 4) is 5.69 Å². The second kappa shape index (κ2) is 7.96. The van der Waals surface area contributed by atoms with E-state index in [1.54, 1.807) is 4.68 Å². The summed E-state index contributed by atoms with van der Waals surface area (Å²) in [5, 5.41) is 7.89. The van der Waals surface area contributed by atoms with Gasteiger partial charge in [-0.2, -0.15) is 5.10 Å². The molecule has 1 fully saturated rings. The lowest BCUT2D eigenvalue weighted by atomic mass is 9.86. The molecule has 0 spiro atoms. The zero-order valence-corrected chi connectivity index (χ0v) is 16.0. The Hall–Kier alpha value is -2.96. The first-order valence-electron chi connectivity index (χ1n) is 9.93. The van der Waals surface area contributed by atoms with E-state index < -0.39 is 0 Å². The Labute approximate surface area is 163 Å². The lowest BCUT2D eigenvalue weighted by Gasteiger charge is -2.29. The molecular weight excluding hydrogens is 354 g/mol. The quantitative estimate of drug-likeness (QED) is 0.713. The maximum Gasteiger partial charge on any atom is 0.262 e. The monoisotopic (exact) mass is 379 g/mol. The minimum Gasteiger partial charge on any atom is -0.353 e. The molecule has 1 saturated carbocycles. The Balaban J connectivity index is 1.50. The summed E-state index contributed by atoms with van der Waals surface area (Å²) in [7, 11) is 0. The third kappa shape index (κ3) is 3.83. The molecule has 1 amide bonds. The highest BCUT2D eigenvalue weighted by Gasteiger charge is 2.22. The zero-order chi connectivity index (χ0) is 19.5. The summed E-state index contributed by atoms with van der Waals surface area (Å²) in [6, 6.07) is 9.82. The number of benzene rings is 1. The summed E-state index contributed by atoms with van der Waals surface area (Å²) in [6.07, 6.45) is 6.84. The van der Waals surface area contributed by atoms with Gasteiger partial charge in [0.25, 0.3) is 5.56 Å². The molecule has 1 aromatic carbocycles. The van der Waals surface area contributed by atoms with Crippen LogP contribution in [-0.2, 0) is 11.2 Å². The van der Waals surface area contributed by atoms with Crippen LogP contribution in [0.5, 0.6) is 0 Å². The molecule has 2 atom stereocenters. The van der Waals surface area contributed by atoms with E-state index in [2.05, 4.69) is 27.3 Å². The number of carbonyl (C=O) groups is 1. The molecule has 2 N–H and O–H groups in total. The fraction of sp³-hybridized carbons (Fsp3) is 0.429. The van der Waals surface area contributed by atoms with Crippen LogP contribution in [0.1, 0.15) is 44.9 Å². The maximum atomic E-state index is 12.4. The van der Waals surface area contributed by atoms with Crippen LogP contribution in [0.3, 0.4) is 0 Å². The number of H-pyrrole nitrogens is 1. The Morgan fingerprint density at radius 2 is 2.04 bits per heavy atom. The number of carbonyl (C=O) groups excluding carboxylic acids is 1. The highest BCUT2D eigenvalue weighted by molar-refractivity contribution is 5.77. The van der Waals surface area contributed by atoms with Crippen LogP contribution in [0.25, 0.3) is 16.7 Å². The van der Waals surface area contributed by atoms with Gasteiger partial charge in [-0.25, -0.2) is 9.67 Å².